The van der Waals surface area contributed by atoms with Gasteiger partial charge in [0.2, 0.25) is 11.9 Å². The summed E-state index contributed by atoms with van der Waals surface area (Å²) < 4.78 is 5.17. The lowest BCUT2D eigenvalue weighted by molar-refractivity contribution is 0.0528. The maximum atomic E-state index is 12.5. The summed E-state index contributed by atoms with van der Waals surface area (Å²) in [5.74, 6) is -0.00953. The topological polar surface area (TPSA) is 116 Å². The molecule has 2 aromatic carbocycles. The Hall–Kier alpha value is -4.07. The Bertz CT molecular complexity index is 1290. The van der Waals surface area contributed by atoms with E-state index in [-0.39, 0.29) is 23.9 Å². The molecule has 32 heavy (non-hydrogen) atoms. The maximum absolute atomic E-state index is 12.5. The number of nitrogen functional groups attached to an aromatic ring is 1. The average molecular weight is 428 g/mol. The van der Waals surface area contributed by atoms with Gasteiger partial charge < -0.3 is 10.5 Å². The zero-order valence-electron chi connectivity index (χ0n) is 18.2. The molecule has 0 spiro atoms. The van der Waals surface area contributed by atoms with E-state index in [9.17, 15) is 4.79 Å². The highest BCUT2D eigenvalue weighted by molar-refractivity contribution is 6.00. The van der Waals surface area contributed by atoms with Crippen molar-refractivity contribution in [3.63, 3.8) is 0 Å². The minimum Gasteiger partial charge on any atom is -0.462 e. The van der Waals surface area contributed by atoms with Crippen LogP contribution in [0.15, 0.2) is 48.5 Å². The van der Waals surface area contributed by atoms with Crippen LogP contribution in [0.3, 0.4) is 0 Å². The van der Waals surface area contributed by atoms with E-state index < -0.39 is 5.97 Å². The van der Waals surface area contributed by atoms with Crippen molar-refractivity contribution in [1.82, 2.24) is 19.9 Å². The summed E-state index contributed by atoms with van der Waals surface area (Å²) in [6, 6.07) is 15.4. The number of aryl methyl sites for hydroxylation is 2. The standard InChI is InChI=1S/C24H24N6O2/c1-4-15-11-12-18-17(13-15)14(3)26-23(27-18)30-24-28-20(16-9-7-6-8-10-16)19(21(25)29-24)22(31)32-5-2/h6-13H,4-5H2,1-3H3,(H3,25,26,27,28,29,30). The maximum Gasteiger partial charge on any atom is 0.344 e. The number of hydrogen-bond donors (Lipinski definition) is 2. The predicted molar refractivity (Wildman–Crippen MR) is 125 cm³/mol. The van der Waals surface area contributed by atoms with Gasteiger partial charge in [0.25, 0.3) is 0 Å². The smallest absolute Gasteiger partial charge is 0.344 e. The highest BCUT2D eigenvalue weighted by Gasteiger charge is 2.22. The second-order valence-corrected chi connectivity index (χ2v) is 7.21. The van der Waals surface area contributed by atoms with Gasteiger partial charge in [0.05, 0.1) is 23.5 Å². The third-order valence-electron chi connectivity index (χ3n) is 5.05. The number of rotatable bonds is 6. The van der Waals surface area contributed by atoms with E-state index in [4.69, 9.17) is 10.5 Å². The first kappa shape index (κ1) is 21.2. The zero-order valence-corrected chi connectivity index (χ0v) is 18.2. The van der Waals surface area contributed by atoms with E-state index in [1.807, 2.05) is 43.3 Å². The molecule has 4 rings (SSSR count). The van der Waals surface area contributed by atoms with Gasteiger partial charge >= 0.3 is 5.97 Å². The number of fused-ring (bicyclic) bond motifs is 1. The number of nitrogens with zero attached hydrogens (tertiary/aromatic N) is 4. The van der Waals surface area contributed by atoms with Crippen LogP contribution < -0.4 is 11.1 Å². The quantitative estimate of drug-likeness (QED) is 0.433. The Morgan fingerprint density at radius 2 is 1.75 bits per heavy atom. The number of benzene rings is 2. The fraction of sp³-hybridized carbons (Fsp3) is 0.208. The van der Waals surface area contributed by atoms with Crippen LogP contribution in [-0.2, 0) is 11.2 Å². The zero-order chi connectivity index (χ0) is 22.7. The molecular weight excluding hydrogens is 404 g/mol. The monoisotopic (exact) mass is 428 g/mol. The number of anilines is 3. The first-order valence-electron chi connectivity index (χ1n) is 10.4. The molecule has 0 amide bonds. The summed E-state index contributed by atoms with van der Waals surface area (Å²) in [5.41, 5.74) is 10.3. The number of aromatic nitrogens is 4. The molecule has 0 aliphatic carbocycles. The van der Waals surface area contributed by atoms with Gasteiger partial charge in [-0.15, -0.1) is 0 Å². The van der Waals surface area contributed by atoms with Gasteiger partial charge in [0.1, 0.15) is 11.4 Å². The minimum absolute atomic E-state index is 0.0184. The molecule has 0 atom stereocenters. The molecule has 162 valence electrons. The molecule has 0 fully saturated rings. The van der Waals surface area contributed by atoms with Crippen LogP contribution in [0.25, 0.3) is 22.2 Å². The van der Waals surface area contributed by atoms with Crippen molar-refractivity contribution < 1.29 is 9.53 Å². The van der Waals surface area contributed by atoms with E-state index in [0.717, 1.165) is 28.6 Å². The van der Waals surface area contributed by atoms with E-state index in [1.54, 1.807) is 6.92 Å². The average Bonchev–Trinajstić information content (AvgIpc) is 2.79. The molecule has 2 aromatic heterocycles. The minimum atomic E-state index is -0.570. The molecule has 0 saturated heterocycles. The number of ether oxygens (including phenoxy) is 1. The van der Waals surface area contributed by atoms with Crippen LogP contribution in [0.1, 0.15) is 35.5 Å². The number of carbonyl (C=O) groups is 1. The summed E-state index contributed by atoms with van der Waals surface area (Å²) >= 11 is 0. The van der Waals surface area contributed by atoms with E-state index >= 15 is 0 Å². The summed E-state index contributed by atoms with van der Waals surface area (Å²) in [5, 5.41) is 4.04. The second kappa shape index (κ2) is 8.97. The molecule has 0 aliphatic rings. The molecule has 3 N–H and O–H groups in total. The van der Waals surface area contributed by atoms with Gasteiger partial charge in [-0.3, -0.25) is 5.32 Å². The lowest BCUT2D eigenvalue weighted by atomic mass is 10.1. The largest absolute Gasteiger partial charge is 0.462 e. The van der Waals surface area contributed by atoms with Gasteiger partial charge in [-0.05, 0) is 38.0 Å². The molecule has 4 aromatic rings. The Morgan fingerprint density at radius 3 is 2.47 bits per heavy atom. The number of carbonyl (C=O) groups excluding carboxylic acids is 1. The highest BCUT2D eigenvalue weighted by atomic mass is 16.5. The van der Waals surface area contributed by atoms with Gasteiger partial charge in [-0.1, -0.05) is 43.3 Å². The molecule has 0 aliphatic heterocycles. The molecule has 0 bridgehead atoms. The van der Waals surface area contributed by atoms with E-state index in [1.165, 1.54) is 5.56 Å². The Morgan fingerprint density at radius 1 is 1.00 bits per heavy atom. The first-order valence-corrected chi connectivity index (χ1v) is 10.4. The van der Waals surface area contributed by atoms with Gasteiger partial charge in [-0.25, -0.2) is 19.7 Å². The normalized spacial score (nSPS) is 10.8. The molecule has 2 heterocycles. The summed E-state index contributed by atoms with van der Waals surface area (Å²) in [4.78, 5) is 30.5. The number of hydrogen-bond acceptors (Lipinski definition) is 8. The fourth-order valence-electron chi connectivity index (χ4n) is 3.45. The van der Waals surface area contributed by atoms with Crippen molar-refractivity contribution in [2.45, 2.75) is 27.2 Å². The van der Waals surface area contributed by atoms with E-state index in [2.05, 4.69) is 44.3 Å². The number of nitrogens with two attached hydrogens (primary N) is 1. The van der Waals surface area contributed by atoms with Crippen LogP contribution in [-0.4, -0.2) is 32.5 Å². The third kappa shape index (κ3) is 4.20. The Kier molecular flexibility index (Phi) is 5.93. The summed E-state index contributed by atoms with van der Waals surface area (Å²) in [6.45, 7) is 5.99. The summed E-state index contributed by atoms with van der Waals surface area (Å²) in [7, 11) is 0. The molecule has 0 saturated carbocycles. The van der Waals surface area contributed by atoms with Crippen LogP contribution in [0, 0.1) is 6.92 Å². The lowest BCUT2D eigenvalue weighted by Gasteiger charge is -2.13. The van der Waals surface area contributed by atoms with Crippen LogP contribution in [0.5, 0.6) is 0 Å². The highest BCUT2D eigenvalue weighted by Crippen LogP contribution is 2.28. The van der Waals surface area contributed by atoms with Crippen LogP contribution in [0.2, 0.25) is 0 Å². The lowest BCUT2D eigenvalue weighted by Crippen LogP contribution is -2.14. The van der Waals surface area contributed by atoms with Crippen molar-refractivity contribution in [1.29, 1.82) is 0 Å². The van der Waals surface area contributed by atoms with E-state index in [0.29, 0.717) is 11.6 Å². The van der Waals surface area contributed by atoms with Crippen molar-refractivity contribution in [2.75, 3.05) is 17.7 Å². The third-order valence-corrected chi connectivity index (χ3v) is 5.05. The Balaban J connectivity index is 1.78. The number of esters is 1. The molecule has 8 heteroatoms. The summed E-state index contributed by atoms with van der Waals surface area (Å²) in [6.07, 6.45) is 0.942. The van der Waals surface area contributed by atoms with Gasteiger partial charge in [0, 0.05) is 10.9 Å². The predicted octanol–water partition coefficient (Wildman–Crippen LogP) is 4.46. The first-order chi connectivity index (χ1) is 15.5. The molecule has 0 unspecified atom stereocenters. The van der Waals surface area contributed by atoms with Crippen molar-refractivity contribution in [2.24, 2.45) is 0 Å². The Labute approximate surface area is 185 Å². The van der Waals surface area contributed by atoms with Gasteiger partial charge in [-0.2, -0.15) is 4.98 Å². The van der Waals surface area contributed by atoms with Crippen molar-refractivity contribution in [3.8, 4) is 11.3 Å². The van der Waals surface area contributed by atoms with Gasteiger partial charge in [0.15, 0.2) is 0 Å². The second-order valence-electron chi connectivity index (χ2n) is 7.21. The fourth-order valence-corrected chi connectivity index (χ4v) is 3.45. The van der Waals surface area contributed by atoms with Crippen LogP contribution in [0.4, 0.5) is 17.7 Å². The van der Waals surface area contributed by atoms with Crippen molar-refractivity contribution in [3.05, 3.63) is 65.4 Å². The number of nitrogens with one attached hydrogen (secondary N) is 1. The molecule has 0 radical (unpaired) electrons. The molecular formula is C24H24N6O2. The SMILES string of the molecule is CCOC(=O)c1c(N)nc(Nc2nc(C)c3cc(CC)ccc3n2)nc1-c1ccccc1. The van der Waals surface area contributed by atoms with Crippen LogP contribution >= 0.6 is 0 Å². The van der Waals surface area contributed by atoms with Crippen molar-refractivity contribution >= 4 is 34.6 Å². The molecule has 8 nitrogen and oxygen atoms in total.